The Kier molecular flexibility index (Phi) is 5.58. The highest BCUT2D eigenvalue weighted by molar-refractivity contribution is 5.98. The van der Waals surface area contributed by atoms with Crippen LogP contribution in [0.3, 0.4) is 0 Å². The topological polar surface area (TPSA) is 97.2 Å². The molecule has 0 radical (unpaired) electrons. The Morgan fingerprint density at radius 1 is 1.33 bits per heavy atom. The van der Waals surface area contributed by atoms with E-state index in [0.29, 0.717) is 22.8 Å². The van der Waals surface area contributed by atoms with Crippen LogP contribution in [0.15, 0.2) is 30.0 Å². The van der Waals surface area contributed by atoms with E-state index in [1.165, 1.54) is 12.3 Å². The van der Waals surface area contributed by atoms with E-state index in [4.69, 9.17) is 19.5 Å². The number of nitriles is 1. The van der Waals surface area contributed by atoms with E-state index >= 15 is 0 Å². The van der Waals surface area contributed by atoms with Gasteiger partial charge in [-0.2, -0.15) is 10.4 Å². The van der Waals surface area contributed by atoms with E-state index in [-0.39, 0.29) is 12.2 Å². The molecule has 0 aliphatic heterocycles. The number of benzene rings is 1. The molecule has 124 valence electrons. The smallest absolute Gasteiger partial charge is 0.348 e. The summed E-state index contributed by atoms with van der Waals surface area (Å²) in [5.74, 6) is 0.493. The van der Waals surface area contributed by atoms with Crippen molar-refractivity contribution in [2.45, 2.75) is 6.92 Å². The maximum Gasteiger partial charge on any atom is 0.348 e. The third-order valence-corrected chi connectivity index (χ3v) is 3.26. The van der Waals surface area contributed by atoms with Crippen molar-refractivity contribution in [2.75, 3.05) is 20.8 Å². The van der Waals surface area contributed by atoms with E-state index in [1.54, 1.807) is 33.3 Å². The second-order valence-corrected chi connectivity index (χ2v) is 4.66. The van der Waals surface area contributed by atoms with Gasteiger partial charge in [0.2, 0.25) is 0 Å². The predicted octanol–water partition coefficient (Wildman–Crippen LogP) is 2.56. The molecule has 1 aromatic heterocycles. The molecule has 0 atom stereocenters. The predicted molar refractivity (Wildman–Crippen MR) is 87.4 cm³/mol. The van der Waals surface area contributed by atoms with Gasteiger partial charge in [-0.1, -0.05) is 0 Å². The fourth-order valence-corrected chi connectivity index (χ4v) is 2.13. The van der Waals surface area contributed by atoms with Gasteiger partial charge in [-0.05, 0) is 31.2 Å². The van der Waals surface area contributed by atoms with Crippen LogP contribution in [0.4, 0.5) is 0 Å². The lowest BCUT2D eigenvalue weighted by molar-refractivity contribution is -0.137. The van der Waals surface area contributed by atoms with Gasteiger partial charge in [0.05, 0.1) is 32.7 Å². The summed E-state index contributed by atoms with van der Waals surface area (Å²) in [6, 6.07) is 7.21. The molecule has 0 saturated heterocycles. The lowest BCUT2D eigenvalue weighted by Gasteiger charge is -2.09. The molecule has 0 aliphatic carbocycles. The van der Waals surface area contributed by atoms with Crippen molar-refractivity contribution in [3.63, 3.8) is 0 Å². The van der Waals surface area contributed by atoms with E-state index in [1.807, 2.05) is 12.1 Å². The maximum atomic E-state index is 11.8. The summed E-state index contributed by atoms with van der Waals surface area (Å²) in [4.78, 5) is 11.8. The van der Waals surface area contributed by atoms with Crippen LogP contribution < -0.4 is 9.47 Å². The molecule has 7 nitrogen and oxygen atoms in total. The molecule has 0 unspecified atom stereocenters. The van der Waals surface area contributed by atoms with Crippen molar-refractivity contribution in [2.24, 2.45) is 0 Å². The van der Waals surface area contributed by atoms with Gasteiger partial charge in [-0.15, -0.1) is 0 Å². The maximum absolute atomic E-state index is 11.8. The first-order valence-electron chi connectivity index (χ1n) is 7.19. The van der Waals surface area contributed by atoms with Gasteiger partial charge < -0.3 is 14.2 Å². The Bertz CT molecular complexity index is 802. The monoisotopic (exact) mass is 327 g/mol. The molecule has 24 heavy (non-hydrogen) atoms. The summed E-state index contributed by atoms with van der Waals surface area (Å²) >= 11 is 0. The first-order chi connectivity index (χ1) is 11.6. The number of aromatic amines is 1. The minimum absolute atomic E-state index is 0.0972. The molecule has 1 aromatic carbocycles. The summed E-state index contributed by atoms with van der Waals surface area (Å²) in [7, 11) is 3.10. The normalized spacial score (nSPS) is 10.8. The molecule has 7 heteroatoms. The number of nitrogens with zero attached hydrogens (tertiary/aromatic N) is 2. The highest BCUT2D eigenvalue weighted by Gasteiger charge is 2.14. The first kappa shape index (κ1) is 17.1. The molecular weight excluding hydrogens is 310 g/mol. The van der Waals surface area contributed by atoms with Crippen LogP contribution in [0.1, 0.15) is 12.5 Å². The number of carbonyl (C=O) groups is 1. The minimum Gasteiger partial charge on any atom is -0.493 e. The summed E-state index contributed by atoms with van der Waals surface area (Å²) in [6.07, 6.45) is 2.97. The Morgan fingerprint density at radius 2 is 2.08 bits per heavy atom. The summed E-state index contributed by atoms with van der Waals surface area (Å²) < 4.78 is 15.4. The van der Waals surface area contributed by atoms with Gasteiger partial charge >= 0.3 is 5.97 Å². The molecule has 0 aliphatic rings. The average Bonchev–Trinajstić information content (AvgIpc) is 3.07. The summed E-state index contributed by atoms with van der Waals surface area (Å²) in [5.41, 5.74) is 1.91. The van der Waals surface area contributed by atoms with Crippen molar-refractivity contribution in [1.82, 2.24) is 10.2 Å². The fraction of sp³-hybridized carbons (Fsp3) is 0.235. The minimum atomic E-state index is -0.667. The zero-order valence-corrected chi connectivity index (χ0v) is 13.6. The van der Waals surface area contributed by atoms with Crippen molar-refractivity contribution in [3.05, 3.63) is 35.5 Å². The molecule has 2 aromatic rings. The number of nitrogens with one attached hydrogen (secondary N) is 1. The van der Waals surface area contributed by atoms with Crippen LogP contribution in [0, 0.1) is 11.3 Å². The number of carbonyl (C=O) groups excluding carboxylic acids is 1. The quantitative estimate of drug-likeness (QED) is 0.497. The number of H-pyrrole nitrogens is 1. The number of hydrogen-bond acceptors (Lipinski definition) is 6. The largest absolute Gasteiger partial charge is 0.493 e. The van der Waals surface area contributed by atoms with E-state index in [9.17, 15) is 4.79 Å². The third-order valence-electron chi connectivity index (χ3n) is 3.26. The molecule has 1 N–H and O–H groups in total. The van der Waals surface area contributed by atoms with Gasteiger partial charge in [0.1, 0.15) is 11.6 Å². The molecule has 0 spiro atoms. The Morgan fingerprint density at radius 3 is 2.71 bits per heavy atom. The lowest BCUT2D eigenvalue weighted by atomic mass is 10.1. The third kappa shape index (κ3) is 3.55. The summed E-state index contributed by atoms with van der Waals surface area (Å²) in [5, 5.41) is 16.0. The number of methoxy groups -OCH3 is 2. The highest BCUT2D eigenvalue weighted by atomic mass is 16.5. The second-order valence-electron chi connectivity index (χ2n) is 4.66. The Balaban J connectivity index is 2.44. The standard InChI is InChI=1S/C17H17N3O4/c1-4-24-17(21)12(9-18)7-13-10-19-20-16(13)11-5-6-14(22-2)15(8-11)23-3/h5-8,10H,4H2,1-3H3,(H,19,20). The van der Waals surface area contributed by atoms with E-state index in [2.05, 4.69) is 10.2 Å². The van der Waals surface area contributed by atoms with Crippen molar-refractivity contribution >= 4 is 12.0 Å². The number of esters is 1. The fourth-order valence-electron chi connectivity index (χ4n) is 2.13. The van der Waals surface area contributed by atoms with Crippen molar-refractivity contribution < 1.29 is 19.0 Å². The molecule has 2 rings (SSSR count). The van der Waals surface area contributed by atoms with Crippen LogP contribution in [-0.4, -0.2) is 37.0 Å². The van der Waals surface area contributed by atoms with Crippen LogP contribution >= 0.6 is 0 Å². The van der Waals surface area contributed by atoms with E-state index in [0.717, 1.165) is 5.56 Å². The van der Waals surface area contributed by atoms with Gasteiger partial charge in [0.25, 0.3) is 0 Å². The number of aromatic nitrogens is 2. The van der Waals surface area contributed by atoms with E-state index < -0.39 is 5.97 Å². The van der Waals surface area contributed by atoms with Gasteiger partial charge in [0, 0.05) is 11.1 Å². The Hall–Kier alpha value is -3.27. The zero-order chi connectivity index (χ0) is 17.5. The average molecular weight is 327 g/mol. The van der Waals surface area contributed by atoms with Crippen LogP contribution in [0.5, 0.6) is 11.5 Å². The molecular formula is C17H17N3O4. The lowest BCUT2D eigenvalue weighted by Crippen LogP contribution is -2.06. The number of ether oxygens (including phenoxy) is 3. The van der Waals surface area contributed by atoms with Crippen LogP contribution in [0.2, 0.25) is 0 Å². The van der Waals surface area contributed by atoms with Gasteiger partial charge in [-0.25, -0.2) is 4.79 Å². The zero-order valence-electron chi connectivity index (χ0n) is 13.6. The van der Waals surface area contributed by atoms with Crippen molar-refractivity contribution in [1.29, 1.82) is 5.26 Å². The first-order valence-corrected chi connectivity index (χ1v) is 7.19. The number of rotatable bonds is 6. The molecule has 0 bridgehead atoms. The van der Waals surface area contributed by atoms with Crippen LogP contribution in [-0.2, 0) is 9.53 Å². The Labute approximate surface area is 139 Å². The van der Waals surface area contributed by atoms with Gasteiger partial charge in [-0.3, -0.25) is 5.10 Å². The van der Waals surface area contributed by atoms with Gasteiger partial charge in [0.15, 0.2) is 11.5 Å². The second kappa shape index (κ2) is 7.83. The highest BCUT2D eigenvalue weighted by Crippen LogP contribution is 2.33. The molecule has 1 heterocycles. The number of hydrogen-bond donors (Lipinski definition) is 1. The molecule has 0 saturated carbocycles. The SMILES string of the molecule is CCOC(=O)C(C#N)=Cc1cn[nH]c1-c1ccc(OC)c(OC)c1. The molecule has 0 amide bonds. The van der Waals surface area contributed by atoms with Crippen molar-refractivity contribution in [3.8, 4) is 28.8 Å². The molecule has 0 fully saturated rings. The van der Waals surface area contributed by atoms with Crippen LogP contribution in [0.25, 0.3) is 17.3 Å². The summed E-state index contributed by atoms with van der Waals surface area (Å²) in [6.45, 7) is 1.88.